The summed E-state index contributed by atoms with van der Waals surface area (Å²) in [6, 6.07) is 16.1. The Morgan fingerprint density at radius 2 is 2.00 bits per heavy atom. The third-order valence-electron chi connectivity index (χ3n) is 4.44. The van der Waals surface area contributed by atoms with Crippen molar-refractivity contribution in [1.82, 2.24) is 14.8 Å². The number of carbonyl (C=O) groups is 1. The number of amides is 1. The maximum Gasteiger partial charge on any atom is 0.293 e. The van der Waals surface area contributed by atoms with Crippen LogP contribution in [-0.4, -0.2) is 20.7 Å². The smallest absolute Gasteiger partial charge is 0.293 e. The number of carbonyl (C=O) groups excluding carboxylic acids is 1. The molecule has 2 heterocycles. The van der Waals surface area contributed by atoms with Crippen LogP contribution >= 0.6 is 23.2 Å². The van der Waals surface area contributed by atoms with E-state index >= 15 is 0 Å². The van der Waals surface area contributed by atoms with Gasteiger partial charge in [-0.1, -0.05) is 41.4 Å². The van der Waals surface area contributed by atoms with Crippen molar-refractivity contribution in [2.24, 2.45) is 0 Å². The van der Waals surface area contributed by atoms with Crippen molar-refractivity contribution in [1.29, 1.82) is 0 Å². The summed E-state index contributed by atoms with van der Waals surface area (Å²) >= 11 is 12.1. The molecule has 1 amide bonds. The van der Waals surface area contributed by atoms with E-state index in [0.29, 0.717) is 28.1 Å². The van der Waals surface area contributed by atoms with Gasteiger partial charge in [-0.15, -0.1) is 5.10 Å². The van der Waals surface area contributed by atoms with Crippen LogP contribution in [0.15, 0.2) is 65.3 Å². The van der Waals surface area contributed by atoms with Gasteiger partial charge in [0.15, 0.2) is 5.76 Å². The van der Waals surface area contributed by atoms with Crippen LogP contribution in [0.3, 0.4) is 0 Å². The Morgan fingerprint density at radius 1 is 1.16 bits per heavy atom. The Labute approximate surface area is 188 Å². The van der Waals surface area contributed by atoms with E-state index in [2.05, 4.69) is 15.4 Å². The maximum absolute atomic E-state index is 12.4. The minimum atomic E-state index is -0.454. The molecule has 2 aromatic heterocycles. The van der Waals surface area contributed by atoms with Crippen LogP contribution in [0.2, 0.25) is 10.0 Å². The van der Waals surface area contributed by atoms with Crippen molar-refractivity contribution in [2.75, 3.05) is 5.32 Å². The van der Waals surface area contributed by atoms with Crippen molar-refractivity contribution in [3.63, 3.8) is 0 Å². The first-order chi connectivity index (χ1) is 15.0. The zero-order valence-corrected chi connectivity index (χ0v) is 18.0. The molecule has 0 unspecified atom stereocenters. The second kappa shape index (κ2) is 9.24. The summed E-state index contributed by atoms with van der Waals surface area (Å²) in [6.45, 7) is 2.52. The molecule has 0 bridgehead atoms. The van der Waals surface area contributed by atoms with Gasteiger partial charge in [-0.05, 0) is 54.4 Å². The molecule has 0 spiro atoms. The third kappa shape index (κ3) is 5.25. The molecule has 0 saturated carbocycles. The molecule has 4 aromatic rings. The topological polar surface area (TPSA) is 82.2 Å². The number of hydrogen-bond donors (Lipinski definition) is 1. The van der Waals surface area contributed by atoms with Gasteiger partial charge in [-0.3, -0.25) is 10.1 Å². The normalized spacial score (nSPS) is 10.8. The van der Waals surface area contributed by atoms with Crippen LogP contribution in [-0.2, 0) is 13.2 Å². The molecule has 0 saturated heterocycles. The summed E-state index contributed by atoms with van der Waals surface area (Å²) in [7, 11) is 0. The number of rotatable bonds is 7. The van der Waals surface area contributed by atoms with E-state index < -0.39 is 5.91 Å². The number of aryl methyl sites for hydroxylation is 1. The van der Waals surface area contributed by atoms with Crippen LogP contribution in [0.1, 0.15) is 27.4 Å². The molecule has 0 aliphatic heterocycles. The minimum absolute atomic E-state index is 0.133. The van der Waals surface area contributed by atoms with Crippen molar-refractivity contribution < 1.29 is 13.9 Å². The fraction of sp³-hybridized carbons (Fsp3) is 0.136. The zero-order valence-electron chi connectivity index (χ0n) is 16.5. The number of aromatic nitrogens is 3. The lowest BCUT2D eigenvalue weighted by atomic mass is 10.2. The number of nitrogens with zero attached hydrogens (tertiary/aromatic N) is 3. The summed E-state index contributed by atoms with van der Waals surface area (Å²) in [4.78, 5) is 16.6. The van der Waals surface area contributed by atoms with Gasteiger partial charge in [0, 0.05) is 10.0 Å². The average molecular weight is 457 g/mol. The molecule has 0 aliphatic rings. The summed E-state index contributed by atoms with van der Waals surface area (Å²) in [6.07, 6.45) is 1.52. The van der Waals surface area contributed by atoms with Gasteiger partial charge in [0.2, 0.25) is 5.95 Å². The molecular weight excluding hydrogens is 439 g/mol. The Balaban J connectivity index is 1.35. The number of hydrogen-bond acceptors (Lipinski definition) is 5. The standard InChI is InChI=1S/C22H18Cl2N4O3/c1-14-10-16(23)6-8-19(14)30-12-17-7-9-20(31-17)21(29)26-22-25-13-28(27-22)11-15-4-2-3-5-18(15)24/h2-10,13H,11-12H2,1H3,(H,26,27,29). The van der Waals surface area contributed by atoms with Crippen molar-refractivity contribution in [2.45, 2.75) is 20.1 Å². The van der Waals surface area contributed by atoms with Crippen LogP contribution in [0.25, 0.3) is 0 Å². The number of nitrogens with one attached hydrogen (secondary N) is 1. The molecule has 4 rings (SSSR count). The summed E-state index contributed by atoms with van der Waals surface area (Å²) in [5, 5.41) is 8.15. The monoisotopic (exact) mass is 456 g/mol. The Hall–Kier alpha value is -3.29. The molecule has 2 aromatic carbocycles. The van der Waals surface area contributed by atoms with Gasteiger partial charge in [-0.25, -0.2) is 9.67 Å². The highest BCUT2D eigenvalue weighted by atomic mass is 35.5. The lowest BCUT2D eigenvalue weighted by Crippen LogP contribution is -2.12. The number of halogens is 2. The third-order valence-corrected chi connectivity index (χ3v) is 5.05. The molecule has 0 fully saturated rings. The Bertz CT molecular complexity index is 1220. The molecule has 1 N–H and O–H groups in total. The average Bonchev–Trinajstić information content (AvgIpc) is 3.39. The predicted molar refractivity (Wildman–Crippen MR) is 118 cm³/mol. The van der Waals surface area contributed by atoms with Crippen molar-refractivity contribution >= 4 is 35.1 Å². The second-order valence-corrected chi connectivity index (χ2v) is 7.62. The predicted octanol–water partition coefficient (Wildman–Crippen LogP) is 5.37. The van der Waals surface area contributed by atoms with Crippen molar-refractivity contribution in [3.8, 4) is 5.75 Å². The fourth-order valence-electron chi connectivity index (χ4n) is 2.89. The second-order valence-electron chi connectivity index (χ2n) is 6.78. The van der Waals surface area contributed by atoms with E-state index in [1.165, 1.54) is 6.33 Å². The largest absolute Gasteiger partial charge is 0.485 e. The molecule has 0 radical (unpaired) electrons. The molecule has 31 heavy (non-hydrogen) atoms. The van der Waals surface area contributed by atoms with E-state index in [9.17, 15) is 4.79 Å². The quantitative estimate of drug-likeness (QED) is 0.404. The SMILES string of the molecule is Cc1cc(Cl)ccc1OCc1ccc(C(=O)Nc2ncn(Cc3ccccc3Cl)n2)o1. The van der Waals surface area contributed by atoms with Crippen LogP contribution in [0, 0.1) is 6.92 Å². The Kier molecular flexibility index (Phi) is 6.25. The van der Waals surface area contributed by atoms with Gasteiger partial charge >= 0.3 is 0 Å². The lowest BCUT2D eigenvalue weighted by molar-refractivity contribution is 0.0991. The van der Waals surface area contributed by atoms with Gasteiger partial charge in [0.25, 0.3) is 5.91 Å². The van der Waals surface area contributed by atoms with E-state index in [4.69, 9.17) is 32.4 Å². The zero-order chi connectivity index (χ0) is 21.8. The highest BCUT2D eigenvalue weighted by molar-refractivity contribution is 6.31. The number of benzene rings is 2. The summed E-state index contributed by atoms with van der Waals surface area (Å²) < 4.78 is 12.9. The molecule has 9 heteroatoms. The molecule has 0 aliphatic carbocycles. The highest BCUT2D eigenvalue weighted by Crippen LogP contribution is 2.23. The van der Waals surface area contributed by atoms with E-state index in [-0.39, 0.29) is 18.3 Å². The molecule has 0 atom stereocenters. The Morgan fingerprint density at radius 3 is 2.81 bits per heavy atom. The van der Waals surface area contributed by atoms with Crippen LogP contribution in [0.4, 0.5) is 5.95 Å². The summed E-state index contributed by atoms with van der Waals surface area (Å²) in [5.41, 5.74) is 1.81. The van der Waals surface area contributed by atoms with Gasteiger partial charge < -0.3 is 9.15 Å². The molecule has 7 nitrogen and oxygen atoms in total. The van der Waals surface area contributed by atoms with Gasteiger partial charge in [0.05, 0.1) is 6.54 Å². The van der Waals surface area contributed by atoms with E-state index in [0.717, 1.165) is 11.1 Å². The van der Waals surface area contributed by atoms with Crippen molar-refractivity contribution in [3.05, 3.63) is 93.6 Å². The maximum atomic E-state index is 12.4. The van der Waals surface area contributed by atoms with Crippen LogP contribution < -0.4 is 10.1 Å². The minimum Gasteiger partial charge on any atom is -0.485 e. The first-order valence-corrected chi connectivity index (χ1v) is 10.2. The number of furan rings is 1. The summed E-state index contributed by atoms with van der Waals surface area (Å²) in [5.74, 6) is 1.05. The first-order valence-electron chi connectivity index (χ1n) is 9.40. The van der Waals surface area contributed by atoms with E-state index in [1.54, 1.807) is 28.9 Å². The van der Waals surface area contributed by atoms with Gasteiger partial charge in [-0.2, -0.15) is 0 Å². The molecular formula is C22H18Cl2N4O3. The van der Waals surface area contributed by atoms with Crippen LogP contribution in [0.5, 0.6) is 5.75 Å². The fourth-order valence-corrected chi connectivity index (χ4v) is 3.32. The van der Waals surface area contributed by atoms with E-state index in [1.807, 2.05) is 37.3 Å². The number of anilines is 1. The molecule has 158 valence electrons. The first kappa shape index (κ1) is 21.0. The highest BCUT2D eigenvalue weighted by Gasteiger charge is 2.14. The van der Waals surface area contributed by atoms with Gasteiger partial charge in [0.1, 0.15) is 24.4 Å². The lowest BCUT2D eigenvalue weighted by Gasteiger charge is -2.07. The number of ether oxygens (including phenoxy) is 1.